The van der Waals surface area contributed by atoms with Crippen molar-refractivity contribution < 1.29 is 8.42 Å². The Labute approximate surface area is 131 Å². The fourth-order valence-corrected chi connectivity index (χ4v) is 4.27. The number of nitrogens with zero attached hydrogens (tertiary/aromatic N) is 2. The third kappa shape index (κ3) is 2.92. The molecule has 0 spiro atoms. The molecule has 0 radical (unpaired) electrons. The van der Waals surface area contributed by atoms with Gasteiger partial charge in [-0.15, -0.1) is 6.58 Å². The van der Waals surface area contributed by atoms with Crippen LogP contribution in [0.15, 0.2) is 60.0 Å². The van der Waals surface area contributed by atoms with Crippen molar-refractivity contribution in [3.63, 3.8) is 0 Å². The molecule has 0 atom stereocenters. The molecule has 0 aliphatic carbocycles. The zero-order valence-corrected chi connectivity index (χ0v) is 13.3. The molecule has 1 aliphatic heterocycles. The van der Waals surface area contributed by atoms with Crippen LogP contribution >= 0.6 is 0 Å². The Morgan fingerprint density at radius 2 is 1.68 bits per heavy atom. The summed E-state index contributed by atoms with van der Waals surface area (Å²) >= 11 is 0. The molecular formula is C17H20N2O2S. The summed E-state index contributed by atoms with van der Waals surface area (Å²) in [6.07, 6.45) is 1.85. The highest BCUT2D eigenvalue weighted by atomic mass is 32.2. The van der Waals surface area contributed by atoms with Crippen LogP contribution in [0.1, 0.15) is 0 Å². The summed E-state index contributed by atoms with van der Waals surface area (Å²) in [4.78, 5) is 2.59. The lowest BCUT2D eigenvalue weighted by atomic mass is 10.1. The molecule has 1 fully saturated rings. The zero-order valence-electron chi connectivity index (χ0n) is 12.5. The number of fused-ring (bicyclic) bond motifs is 1. The topological polar surface area (TPSA) is 40.6 Å². The van der Waals surface area contributed by atoms with Crippen LogP contribution < -0.4 is 0 Å². The summed E-state index contributed by atoms with van der Waals surface area (Å²) < 4.78 is 27.1. The molecule has 0 amide bonds. The molecule has 2 aromatic rings. The molecule has 116 valence electrons. The summed E-state index contributed by atoms with van der Waals surface area (Å²) in [5, 5.41) is 2.01. The minimum atomic E-state index is -3.41. The Morgan fingerprint density at radius 3 is 2.36 bits per heavy atom. The van der Waals surface area contributed by atoms with E-state index in [1.807, 2.05) is 36.4 Å². The SMILES string of the molecule is C=CCN1CCN(S(=O)(=O)c2ccc3ccccc3c2)CC1. The number of hydrogen-bond donors (Lipinski definition) is 0. The van der Waals surface area contributed by atoms with Gasteiger partial charge in [0.2, 0.25) is 10.0 Å². The molecule has 1 aliphatic rings. The number of piperazine rings is 1. The van der Waals surface area contributed by atoms with Crippen molar-refractivity contribution in [3.8, 4) is 0 Å². The largest absolute Gasteiger partial charge is 0.297 e. The molecular weight excluding hydrogens is 296 g/mol. The summed E-state index contributed by atoms with van der Waals surface area (Å²) in [6, 6.07) is 13.1. The maximum absolute atomic E-state index is 12.8. The lowest BCUT2D eigenvalue weighted by Gasteiger charge is -2.33. The molecule has 0 N–H and O–H groups in total. The zero-order chi connectivity index (χ0) is 15.6. The molecule has 1 heterocycles. The molecule has 0 saturated carbocycles. The lowest BCUT2D eigenvalue weighted by Crippen LogP contribution is -2.48. The van der Waals surface area contributed by atoms with Gasteiger partial charge in [0.15, 0.2) is 0 Å². The van der Waals surface area contributed by atoms with Crippen LogP contribution in [0.2, 0.25) is 0 Å². The van der Waals surface area contributed by atoms with Crippen LogP contribution in [0.3, 0.4) is 0 Å². The van der Waals surface area contributed by atoms with Gasteiger partial charge in [0.05, 0.1) is 4.90 Å². The van der Waals surface area contributed by atoms with Gasteiger partial charge in [-0.2, -0.15) is 4.31 Å². The smallest absolute Gasteiger partial charge is 0.243 e. The van der Waals surface area contributed by atoms with Crippen LogP contribution in [-0.4, -0.2) is 50.3 Å². The van der Waals surface area contributed by atoms with E-state index >= 15 is 0 Å². The highest BCUT2D eigenvalue weighted by Crippen LogP contribution is 2.22. The van der Waals surface area contributed by atoms with Crippen molar-refractivity contribution in [3.05, 3.63) is 55.1 Å². The maximum atomic E-state index is 12.8. The van der Waals surface area contributed by atoms with Crippen molar-refractivity contribution >= 4 is 20.8 Å². The fraction of sp³-hybridized carbons (Fsp3) is 0.294. The van der Waals surface area contributed by atoms with Gasteiger partial charge >= 0.3 is 0 Å². The van der Waals surface area contributed by atoms with E-state index in [4.69, 9.17) is 0 Å². The summed E-state index contributed by atoms with van der Waals surface area (Å²) in [5.74, 6) is 0. The predicted octanol–water partition coefficient (Wildman–Crippen LogP) is 2.33. The Hall–Kier alpha value is -1.69. The van der Waals surface area contributed by atoms with E-state index in [0.29, 0.717) is 18.0 Å². The van der Waals surface area contributed by atoms with Gasteiger partial charge in [-0.25, -0.2) is 8.42 Å². The van der Waals surface area contributed by atoms with E-state index in [9.17, 15) is 8.42 Å². The first-order valence-electron chi connectivity index (χ1n) is 7.43. The van der Waals surface area contributed by atoms with Crippen molar-refractivity contribution in [1.29, 1.82) is 0 Å². The van der Waals surface area contributed by atoms with Crippen molar-refractivity contribution in [2.45, 2.75) is 4.90 Å². The van der Waals surface area contributed by atoms with Crippen molar-refractivity contribution in [1.82, 2.24) is 9.21 Å². The van der Waals surface area contributed by atoms with E-state index in [-0.39, 0.29) is 0 Å². The fourth-order valence-electron chi connectivity index (χ4n) is 2.81. The highest BCUT2D eigenvalue weighted by Gasteiger charge is 2.28. The summed E-state index contributed by atoms with van der Waals surface area (Å²) in [5.41, 5.74) is 0. The van der Waals surface area contributed by atoms with Crippen molar-refractivity contribution in [2.75, 3.05) is 32.7 Å². The predicted molar refractivity (Wildman–Crippen MR) is 89.3 cm³/mol. The van der Waals surface area contributed by atoms with E-state index in [1.165, 1.54) is 0 Å². The second-order valence-corrected chi connectivity index (χ2v) is 7.44. The average Bonchev–Trinajstić information content (AvgIpc) is 2.55. The average molecular weight is 316 g/mol. The minimum Gasteiger partial charge on any atom is -0.297 e. The number of sulfonamides is 1. The van der Waals surface area contributed by atoms with Crippen LogP contribution in [0.4, 0.5) is 0 Å². The van der Waals surface area contributed by atoms with Gasteiger partial charge in [-0.3, -0.25) is 4.90 Å². The van der Waals surface area contributed by atoms with Gasteiger partial charge in [0, 0.05) is 32.7 Å². The van der Waals surface area contributed by atoms with E-state index in [0.717, 1.165) is 30.4 Å². The second kappa shape index (κ2) is 6.20. The first-order valence-corrected chi connectivity index (χ1v) is 8.87. The molecule has 0 bridgehead atoms. The van der Waals surface area contributed by atoms with Gasteiger partial charge in [-0.1, -0.05) is 36.4 Å². The van der Waals surface area contributed by atoms with Gasteiger partial charge < -0.3 is 0 Å². The standard InChI is InChI=1S/C17H20N2O2S/c1-2-9-18-10-12-19(13-11-18)22(20,21)17-8-7-15-5-3-4-6-16(15)14-17/h2-8,14H,1,9-13H2. The van der Waals surface area contributed by atoms with E-state index < -0.39 is 10.0 Å². The van der Waals surface area contributed by atoms with Crippen molar-refractivity contribution in [2.24, 2.45) is 0 Å². The molecule has 0 unspecified atom stereocenters. The molecule has 22 heavy (non-hydrogen) atoms. The Balaban J connectivity index is 1.84. The van der Waals surface area contributed by atoms with Crippen LogP contribution in [0.25, 0.3) is 10.8 Å². The molecule has 4 nitrogen and oxygen atoms in total. The second-order valence-electron chi connectivity index (χ2n) is 5.50. The normalized spacial score (nSPS) is 17.6. The molecule has 0 aromatic heterocycles. The minimum absolute atomic E-state index is 0.378. The third-order valence-electron chi connectivity index (χ3n) is 4.08. The first kappa shape index (κ1) is 15.2. The summed E-state index contributed by atoms with van der Waals surface area (Å²) in [6.45, 7) is 7.09. The summed E-state index contributed by atoms with van der Waals surface area (Å²) in [7, 11) is -3.41. The van der Waals surface area contributed by atoms with E-state index in [1.54, 1.807) is 16.4 Å². The lowest BCUT2D eigenvalue weighted by molar-refractivity contribution is 0.204. The molecule has 2 aromatic carbocycles. The third-order valence-corrected chi connectivity index (χ3v) is 5.97. The van der Waals surface area contributed by atoms with Gasteiger partial charge in [0.25, 0.3) is 0 Å². The Bertz CT molecular complexity index is 778. The monoisotopic (exact) mass is 316 g/mol. The number of hydrogen-bond acceptors (Lipinski definition) is 3. The van der Waals surface area contributed by atoms with Crippen LogP contribution in [0.5, 0.6) is 0 Å². The molecule has 3 rings (SSSR count). The van der Waals surface area contributed by atoms with E-state index in [2.05, 4.69) is 11.5 Å². The van der Waals surface area contributed by atoms with Crippen LogP contribution in [-0.2, 0) is 10.0 Å². The Kier molecular flexibility index (Phi) is 4.29. The molecule has 1 saturated heterocycles. The maximum Gasteiger partial charge on any atom is 0.243 e. The first-order chi connectivity index (χ1) is 10.6. The van der Waals surface area contributed by atoms with Gasteiger partial charge in [-0.05, 0) is 22.9 Å². The highest BCUT2D eigenvalue weighted by molar-refractivity contribution is 7.89. The number of benzene rings is 2. The van der Waals surface area contributed by atoms with Crippen LogP contribution in [0, 0.1) is 0 Å². The number of rotatable bonds is 4. The molecule has 5 heteroatoms. The Morgan fingerprint density at radius 1 is 1.00 bits per heavy atom. The van der Waals surface area contributed by atoms with Gasteiger partial charge in [0.1, 0.15) is 0 Å². The quantitative estimate of drug-likeness (QED) is 0.813.